The molecule has 2 atom stereocenters. The number of rotatable bonds is 3. The van der Waals surface area contributed by atoms with E-state index in [1.807, 2.05) is 4.90 Å². The number of esters is 1. The molecule has 0 aromatic heterocycles. The Kier molecular flexibility index (Phi) is 4.44. The summed E-state index contributed by atoms with van der Waals surface area (Å²) in [5.74, 6) is -1.33. The van der Waals surface area contributed by atoms with E-state index in [1.54, 1.807) is 7.05 Å². The first kappa shape index (κ1) is 17.1. The van der Waals surface area contributed by atoms with Crippen LogP contribution in [0.4, 0.5) is 13.2 Å². The van der Waals surface area contributed by atoms with Crippen molar-refractivity contribution >= 4 is 16.1 Å². The van der Waals surface area contributed by atoms with Gasteiger partial charge in [-0.2, -0.15) is 21.6 Å². The Balaban J connectivity index is 2.46. The van der Waals surface area contributed by atoms with Crippen LogP contribution in [0, 0.1) is 0 Å². The van der Waals surface area contributed by atoms with Crippen molar-refractivity contribution in [2.45, 2.75) is 43.3 Å². The van der Waals surface area contributed by atoms with Gasteiger partial charge in [0.05, 0.1) is 12.7 Å². The van der Waals surface area contributed by atoms with Gasteiger partial charge in [-0.05, 0) is 26.3 Å². The van der Waals surface area contributed by atoms with Crippen molar-refractivity contribution in [3.05, 3.63) is 11.3 Å². The fraction of sp³-hybridized carbons (Fsp3) is 0.750. The van der Waals surface area contributed by atoms with Crippen LogP contribution in [0.1, 0.15) is 25.7 Å². The molecule has 10 heteroatoms. The molecule has 2 bridgehead atoms. The average Bonchev–Trinajstić information content (AvgIpc) is 2.38. The van der Waals surface area contributed by atoms with Crippen LogP contribution in [0.2, 0.25) is 0 Å². The fourth-order valence-electron chi connectivity index (χ4n) is 2.93. The Morgan fingerprint density at radius 3 is 2.50 bits per heavy atom. The minimum atomic E-state index is -5.80. The van der Waals surface area contributed by atoms with Gasteiger partial charge in [0.1, 0.15) is 5.76 Å². The number of alkyl halides is 3. The van der Waals surface area contributed by atoms with Crippen LogP contribution in [-0.4, -0.2) is 51.0 Å². The molecule has 0 aromatic rings. The van der Waals surface area contributed by atoms with Crippen molar-refractivity contribution in [2.75, 3.05) is 14.2 Å². The van der Waals surface area contributed by atoms with Crippen LogP contribution in [0.3, 0.4) is 0 Å². The molecule has 0 radical (unpaired) electrons. The number of ether oxygens (including phenoxy) is 1. The van der Waals surface area contributed by atoms with Crippen LogP contribution in [0.15, 0.2) is 11.3 Å². The Morgan fingerprint density at radius 1 is 1.32 bits per heavy atom. The highest BCUT2D eigenvalue weighted by Crippen LogP contribution is 2.39. The summed E-state index contributed by atoms with van der Waals surface area (Å²) in [6.07, 6.45) is 1.93. The van der Waals surface area contributed by atoms with Gasteiger partial charge in [0, 0.05) is 18.5 Å². The molecule has 1 fully saturated rings. The van der Waals surface area contributed by atoms with E-state index in [9.17, 15) is 26.4 Å². The molecule has 126 valence electrons. The van der Waals surface area contributed by atoms with E-state index in [-0.39, 0.29) is 18.0 Å². The molecular formula is C12H16F3NO5S. The van der Waals surface area contributed by atoms with Gasteiger partial charge in [0.2, 0.25) is 0 Å². The molecule has 0 amide bonds. The molecule has 22 heavy (non-hydrogen) atoms. The Bertz CT molecular complexity index is 598. The fourth-order valence-corrected chi connectivity index (χ4v) is 3.45. The van der Waals surface area contributed by atoms with E-state index < -0.39 is 33.4 Å². The summed E-state index contributed by atoms with van der Waals surface area (Å²) < 4.78 is 68.8. The highest BCUT2D eigenvalue weighted by molar-refractivity contribution is 7.87. The molecule has 0 aliphatic carbocycles. The molecule has 0 aromatic carbocycles. The molecule has 6 nitrogen and oxygen atoms in total. The highest BCUT2D eigenvalue weighted by Gasteiger charge is 2.51. The van der Waals surface area contributed by atoms with Gasteiger partial charge in [-0.25, -0.2) is 4.79 Å². The first-order chi connectivity index (χ1) is 10.1. The average molecular weight is 343 g/mol. The zero-order valence-corrected chi connectivity index (χ0v) is 12.8. The van der Waals surface area contributed by atoms with Crippen LogP contribution < -0.4 is 0 Å². The zero-order chi connectivity index (χ0) is 16.7. The molecule has 2 rings (SSSR count). The number of hydrogen-bond donors (Lipinski definition) is 0. The molecule has 2 heterocycles. The van der Waals surface area contributed by atoms with Gasteiger partial charge in [-0.1, -0.05) is 0 Å². The lowest BCUT2D eigenvalue weighted by molar-refractivity contribution is -0.137. The monoisotopic (exact) mass is 343 g/mol. The van der Waals surface area contributed by atoms with Gasteiger partial charge in [0.25, 0.3) is 0 Å². The lowest BCUT2D eigenvalue weighted by Crippen LogP contribution is -2.50. The molecular weight excluding hydrogens is 327 g/mol. The minimum absolute atomic E-state index is 0.0766. The Labute approximate surface area is 126 Å². The van der Waals surface area contributed by atoms with Crippen molar-refractivity contribution in [3.63, 3.8) is 0 Å². The maximum absolute atomic E-state index is 12.5. The van der Waals surface area contributed by atoms with Crippen LogP contribution in [0.5, 0.6) is 0 Å². The number of methoxy groups -OCH3 is 1. The van der Waals surface area contributed by atoms with Gasteiger partial charge in [-0.3, -0.25) is 4.90 Å². The van der Waals surface area contributed by atoms with Gasteiger partial charge < -0.3 is 8.92 Å². The number of carbonyl (C=O) groups excluding carboxylic acids is 1. The Morgan fingerprint density at radius 2 is 1.95 bits per heavy atom. The number of carbonyl (C=O) groups is 1. The lowest BCUT2D eigenvalue weighted by Gasteiger charge is -2.44. The lowest BCUT2D eigenvalue weighted by atomic mass is 9.83. The molecule has 1 saturated heterocycles. The summed E-state index contributed by atoms with van der Waals surface area (Å²) in [5.41, 5.74) is -5.69. The molecule has 2 aliphatic rings. The smallest absolute Gasteiger partial charge is 0.466 e. The molecule has 0 N–H and O–H groups in total. The van der Waals surface area contributed by atoms with Gasteiger partial charge in [0.15, 0.2) is 0 Å². The van der Waals surface area contributed by atoms with Crippen LogP contribution in [0.25, 0.3) is 0 Å². The summed E-state index contributed by atoms with van der Waals surface area (Å²) in [6.45, 7) is 0. The molecule has 0 spiro atoms. The third kappa shape index (κ3) is 2.94. The SMILES string of the molecule is COC(=O)C1=C(OS(=O)(=O)C(F)(F)F)C[C@@H]2CCC[C@H]1N2C. The van der Waals surface area contributed by atoms with E-state index in [4.69, 9.17) is 0 Å². The summed E-state index contributed by atoms with van der Waals surface area (Å²) in [7, 11) is -2.98. The van der Waals surface area contributed by atoms with Crippen molar-refractivity contribution in [1.29, 1.82) is 0 Å². The van der Waals surface area contributed by atoms with E-state index in [0.717, 1.165) is 13.5 Å². The second kappa shape index (κ2) is 5.73. The Hall–Kier alpha value is -1.29. The maximum Gasteiger partial charge on any atom is 0.534 e. The highest BCUT2D eigenvalue weighted by atomic mass is 32.2. The predicted molar refractivity (Wildman–Crippen MR) is 68.9 cm³/mol. The predicted octanol–water partition coefficient (Wildman–Crippen LogP) is 1.54. The summed E-state index contributed by atoms with van der Waals surface area (Å²) in [4.78, 5) is 13.7. The number of piperidine rings is 1. The third-order valence-electron chi connectivity index (χ3n) is 4.04. The standard InChI is InChI=1S/C12H16F3NO5S/c1-16-7-4-3-5-8(16)10(11(17)20-2)9(6-7)21-22(18,19)12(13,14)15/h7-8H,3-6H2,1-2H3/t7-,8+/m0/s1. The second-order valence-corrected chi connectivity index (χ2v) is 6.82. The number of fused-ring (bicyclic) bond motifs is 2. The minimum Gasteiger partial charge on any atom is -0.466 e. The van der Waals surface area contributed by atoms with E-state index >= 15 is 0 Å². The first-order valence-corrected chi connectivity index (χ1v) is 8.03. The van der Waals surface area contributed by atoms with Crippen molar-refractivity contribution in [3.8, 4) is 0 Å². The largest absolute Gasteiger partial charge is 0.534 e. The number of likely N-dealkylation sites (N-methyl/N-ethyl adjacent to an activating group) is 1. The maximum atomic E-state index is 12.5. The third-order valence-corrected chi connectivity index (χ3v) is 5.02. The zero-order valence-electron chi connectivity index (χ0n) is 12.0. The summed E-state index contributed by atoms with van der Waals surface area (Å²) in [5, 5.41) is 0. The summed E-state index contributed by atoms with van der Waals surface area (Å²) >= 11 is 0. The van der Waals surface area contributed by atoms with Crippen LogP contribution in [-0.2, 0) is 23.8 Å². The molecule has 0 saturated carbocycles. The topological polar surface area (TPSA) is 72.9 Å². The molecule has 2 aliphatic heterocycles. The second-order valence-electron chi connectivity index (χ2n) is 5.28. The normalized spacial score (nSPS) is 26.8. The van der Waals surface area contributed by atoms with Gasteiger partial charge >= 0.3 is 21.6 Å². The quantitative estimate of drug-likeness (QED) is 0.440. The van der Waals surface area contributed by atoms with E-state index in [2.05, 4.69) is 8.92 Å². The van der Waals surface area contributed by atoms with Crippen LogP contribution >= 0.6 is 0 Å². The number of hydrogen-bond acceptors (Lipinski definition) is 6. The summed E-state index contributed by atoms with van der Waals surface area (Å²) in [6, 6.07) is -0.663. The number of nitrogens with zero attached hydrogens (tertiary/aromatic N) is 1. The molecule has 0 unspecified atom stereocenters. The van der Waals surface area contributed by atoms with Crippen molar-refractivity contribution < 1.29 is 35.3 Å². The van der Waals surface area contributed by atoms with Crippen molar-refractivity contribution in [2.24, 2.45) is 0 Å². The van der Waals surface area contributed by atoms with Gasteiger partial charge in [-0.15, -0.1) is 0 Å². The van der Waals surface area contributed by atoms with Crippen molar-refractivity contribution in [1.82, 2.24) is 4.90 Å². The first-order valence-electron chi connectivity index (χ1n) is 6.62. The van der Waals surface area contributed by atoms with E-state index in [1.165, 1.54) is 0 Å². The number of halogens is 3. The van der Waals surface area contributed by atoms with E-state index in [0.29, 0.717) is 12.8 Å².